The van der Waals surface area contributed by atoms with Gasteiger partial charge in [0.1, 0.15) is 0 Å². The monoisotopic (exact) mass is 395 g/mol. The Morgan fingerprint density at radius 2 is 1.68 bits per heavy atom. The van der Waals surface area contributed by atoms with Gasteiger partial charge in [-0.1, -0.05) is 35.3 Å². The van der Waals surface area contributed by atoms with Crippen LogP contribution in [0.1, 0.15) is 19.4 Å². The van der Waals surface area contributed by atoms with Crippen LogP contribution >= 0.6 is 35.4 Å². The fourth-order valence-corrected chi connectivity index (χ4v) is 3.05. The maximum Gasteiger partial charge on any atom is 0.173 e. The van der Waals surface area contributed by atoms with Crippen molar-refractivity contribution in [2.45, 2.75) is 26.4 Å². The van der Waals surface area contributed by atoms with Gasteiger partial charge in [0.15, 0.2) is 5.11 Å². The van der Waals surface area contributed by atoms with Crippen LogP contribution in [0.4, 0.5) is 11.4 Å². The molecule has 0 saturated carbocycles. The summed E-state index contributed by atoms with van der Waals surface area (Å²) in [6.07, 6.45) is 0. The second kappa shape index (κ2) is 8.75. The third-order valence-corrected chi connectivity index (χ3v) is 4.94. The highest BCUT2D eigenvalue weighted by molar-refractivity contribution is 7.80. The molecule has 0 unspecified atom stereocenters. The van der Waals surface area contributed by atoms with Crippen LogP contribution in [0, 0.1) is 0 Å². The molecule has 25 heavy (non-hydrogen) atoms. The van der Waals surface area contributed by atoms with Gasteiger partial charge in [-0.3, -0.25) is 0 Å². The predicted molar refractivity (Wildman–Crippen MR) is 114 cm³/mol. The molecule has 6 heteroatoms. The molecule has 0 bridgehead atoms. The summed E-state index contributed by atoms with van der Waals surface area (Å²) < 4.78 is 0. The van der Waals surface area contributed by atoms with Gasteiger partial charge in [-0.25, -0.2) is 0 Å². The lowest BCUT2D eigenvalue weighted by atomic mass is 10.1. The van der Waals surface area contributed by atoms with Gasteiger partial charge in [-0.15, -0.1) is 0 Å². The van der Waals surface area contributed by atoms with E-state index in [1.54, 1.807) is 12.1 Å². The van der Waals surface area contributed by atoms with Crippen LogP contribution in [0.25, 0.3) is 0 Å². The third kappa shape index (κ3) is 5.50. The molecule has 0 heterocycles. The molecular weight excluding hydrogens is 373 g/mol. The Balaban J connectivity index is 2.11. The zero-order chi connectivity index (χ0) is 18.6. The standard InChI is InChI=1S/C19H23Cl2N3S/c1-13(2)24(12-14-5-8-16(9-6-14)23(3)4)19(25)22-15-7-10-17(20)18(21)11-15/h5-11,13H,12H2,1-4H3,(H,22,25). The fourth-order valence-electron chi connectivity index (χ4n) is 2.35. The Kier molecular flexibility index (Phi) is 6.94. The number of hydrogen-bond donors (Lipinski definition) is 1. The summed E-state index contributed by atoms with van der Waals surface area (Å²) in [5.41, 5.74) is 3.21. The van der Waals surface area contributed by atoms with Crippen molar-refractivity contribution >= 4 is 51.9 Å². The normalized spacial score (nSPS) is 10.7. The lowest BCUT2D eigenvalue weighted by Crippen LogP contribution is -2.39. The topological polar surface area (TPSA) is 18.5 Å². The number of thiocarbonyl (C=S) groups is 1. The summed E-state index contributed by atoms with van der Waals surface area (Å²) in [6.45, 7) is 4.98. The molecular formula is C19H23Cl2N3S. The molecule has 2 aromatic carbocycles. The summed E-state index contributed by atoms with van der Waals surface area (Å²) >= 11 is 17.6. The Morgan fingerprint density at radius 3 is 2.20 bits per heavy atom. The van der Waals surface area contributed by atoms with E-state index >= 15 is 0 Å². The number of hydrogen-bond acceptors (Lipinski definition) is 2. The fraction of sp³-hybridized carbons (Fsp3) is 0.316. The molecule has 0 radical (unpaired) electrons. The molecule has 0 aromatic heterocycles. The van der Waals surface area contributed by atoms with Crippen LogP contribution < -0.4 is 10.2 Å². The van der Waals surface area contributed by atoms with E-state index in [9.17, 15) is 0 Å². The van der Waals surface area contributed by atoms with Gasteiger partial charge in [0.05, 0.1) is 10.0 Å². The summed E-state index contributed by atoms with van der Waals surface area (Å²) in [4.78, 5) is 4.23. The molecule has 0 saturated heterocycles. The van der Waals surface area contributed by atoms with E-state index < -0.39 is 0 Å². The summed E-state index contributed by atoms with van der Waals surface area (Å²) in [5.74, 6) is 0. The van der Waals surface area contributed by atoms with Crippen molar-refractivity contribution in [2.75, 3.05) is 24.3 Å². The van der Waals surface area contributed by atoms with Gasteiger partial charge in [0, 0.05) is 38.1 Å². The lowest BCUT2D eigenvalue weighted by Gasteiger charge is -2.30. The van der Waals surface area contributed by atoms with Crippen LogP contribution in [0.2, 0.25) is 10.0 Å². The van der Waals surface area contributed by atoms with Gasteiger partial charge >= 0.3 is 0 Å². The molecule has 0 fully saturated rings. The average Bonchev–Trinajstić information content (AvgIpc) is 2.56. The number of nitrogens with one attached hydrogen (secondary N) is 1. The third-order valence-electron chi connectivity index (χ3n) is 3.86. The molecule has 0 spiro atoms. The highest BCUT2D eigenvalue weighted by Gasteiger charge is 2.15. The maximum atomic E-state index is 6.08. The Bertz CT molecular complexity index is 730. The smallest absolute Gasteiger partial charge is 0.173 e. The van der Waals surface area contributed by atoms with Crippen molar-refractivity contribution in [2.24, 2.45) is 0 Å². The molecule has 1 N–H and O–H groups in total. The van der Waals surface area contributed by atoms with Crippen molar-refractivity contribution in [3.8, 4) is 0 Å². The molecule has 0 amide bonds. The first-order valence-electron chi connectivity index (χ1n) is 8.07. The molecule has 0 aliphatic rings. The maximum absolute atomic E-state index is 6.08. The second-order valence-electron chi connectivity index (χ2n) is 6.34. The van der Waals surface area contributed by atoms with Crippen LogP contribution in [-0.4, -0.2) is 30.1 Å². The van der Waals surface area contributed by atoms with Gasteiger partial charge < -0.3 is 15.1 Å². The largest absolute Gasteiger partial charge is 0.378 e. The minimum Gasteiger partial charge on any atom is -0.378 e. The van der Waals surface area contributed by atoms with E-state index in [1.807, 2.05) is 20.2 Å². The van der Waals surface area contributed by atoms with Crippen LogP contribution in [0.3, 0.4) is 0 Å². The molecule has 0 atom stereocenters. The predicted octanol–water partition coefficient (Wildman–Crippen LogP) is 5.67. The van der Waals surface area contributed by atoms with E-state index in [4.69, 9.17) is 35.4 Å². The number of nitrogens with zero attached hydrogens (tertiary/aromatic N) is 2. The average molecular weight is 396 g/mol. The summed E-state index contributed by atoms with van der Waals surface area (Å²) in [7, 11) is 4.07. The highest BCUT2D eigenvalue weighted by Crippen LogP contribution is 2.25. The lowest BCUT2D eigenvalue weighted by molar-refractivity contribution is 0.348. The Labute approximate surface area is 165 Å². The van der Waals surface area contributed by atoms with Crippen molar-refractivity contribution in [3.63, 3.8) is 0 Å². The quantitative estimate of drug-likeness (QED) is 0.657. The number of anilines is 2. The van der Waals surface area contributed by atoms with E-state index in [-0.39, 0.29) is 6.04 Å². The SMILES string of the molecule is CC(C)N(Cc1ccc(N(C)C)cc1)C(=S)Nc1ccc(Cl)c(Cl)c1. The number of rotatable bonds is 5. The Morgan fingerprint density at radius 1 is 1.04 bits per heavy atom. The first-order valence-corrected chi connectivity index (χ1v) is 9.23. The highest BCUT2D eigenvalue weighted by atomic mass is 35.5. The van der Waals surface area contributed by atoms with Crippen LogP contribution in [-0.2, 0) is 6.54 Å². The number of halogens is 2. The van der Waals surface area contributed by atoms with Crippen molar-refractivity contribution in [1.82, 2.24) is 4.90 Å². The Hall–Kier alpha value is -1.49. The summed E-state index contributed by atoms with van der Waals surface area (Å²) in [5, 5.41) is 4.94. The van der Waals surface area contributed by atoms with E-state index in [2.05, 4.69) is 53.2 Å². The first kappa shape index (κ1) is 19.8. The summed E-state index contributed by atoms with van der Waals surface area (Å²) in [6, 6.07) is 14.2. The zero-order valence-electron chi connectivity index (χ0n) is 14.9. The minimum absolute atomic E-state index is 0.260. The molecule has 2 rings (SSSR count). The second-order valence-corrected chi connectivity index (χ2v) is 7.54. The molecule has 134 valence electrons. The zero-order valence-corrected chi connectivity index (χ0v) is 17.2. The molecule has 2 aromatic rings. The molecule has 0 aliphatic carbocycles. The van der Waals surface area contributed by atoms with Gasteiger partial charge in [0.2, 0.25) is 0 Å². The minimum atomic E-state index is 0.260. The molecule has 3 nitrogen and oxygen atoms in total. The van der Waals surface area contributed by atoms with E-state index in [0.29, 0.717) is 15.2 Å². The first-order chi connectivity index (χ1) is 11.8. The number of benzene rings is 2. The van der Waals surface area contributed by atoms with E-state index in [1.165, 1.54) is 11.3 Å². The van der Waals surface area contributed by atoms with Crippen molar-refractivity contribution < 1.29 is 0 Å². The van der Waals surface area contributed by atoms with Gasteiger partial charge in [0.25, 0.3) is 0 Å². The molecule has 0 aliphatic heterocycles. The van der Waals surface area contributed by atoms with Crippen LogP contribution in [0.5, 0.6) is 0 Å². The van der Waals surface area contributed by atoms with Gasteiger partial charge in [-0.2, -0.15) is 0 Å². The van der Waals surface area contributed by atoms with E-state index in [0.717, 1.165) is 12.2 Å². The van der Waals surface area contributed by atoms with Crippen molar-refractivity contribution in [1.29, 1.82) is 0 Å². The van der Waals surface area contributed by atoms with Gasteiger partial charge in [-0.05, 0) is 62.0 Å². The van der Waals surface area contributed by atoms with Crippen molar-refractivity contribution in [3.05, 3.63) is 58.1 Å². The van der Waals surface area contributed by atoms with Crippen LogP contribution in [0.15, 0.2) is 42.5 Å².